The highest BCUT2D eigenvalue weighted by Gasteiger charge is 2.53. The van der Waals surface area contributed by atoms with Crippen LogP contribution in [-0.2, 0) is 14.6 Å². The minimum Gasteiger partial charge on any atom is -0.394 e. The van der Waals surface area contributed by atoms with Gasteiger partial charge < -0.3 is 15.2 Å². The third-order valence-electron chi connectivity index (χ3n) is 3.83. The van der Waals surface area contributed by atoms with E-state index in [9.17, 15) is 23.1 Å². The molecule has 116 valence electrons. The van der Waals surface area contributed by atoms with Gasteiger partial charge in [0.1, 0.15) is 11.4 Å². The molecule has 3 N–H and O–H groups in total. The van der Waals surface area contributed by atoms with E-state index in [2.05, 4.69) is 10.3 Å². The fourth-order valence-electron chi connectivity index (χ4n) is 2.92. The number of aromatic nitrogens is 2. The molecule has 0 radical (unpaired) electrons. The molecule has 9 nitrogen and oxygen atoms in total. The number of aliphatic hydroxyl groups is 1. The molecule has 0 unspecified atom stereocenters. The maximum absolute atomic E-state index is 12.2. The molecular formula is C11H15N3O6S. The van der Waals surface area contributed by atoms with Gasteiger partial charge in [0.2, 0.25) is 0 Å². The Morgan fingerprint density at radius 1 is 1.43 bits per heavy atom. The van der Waals surface area contributed by atoms with Gasteiger partial charge in [-0.1, -0.05) is 0 Å². The molecule has 0 amide bonds. The fraction of sp³-hybridized carbons (Fsp3) is 0.636. The van der Waals surface area contributed by atoms with Crippen molar-refractivity contribution < 1.29 is 18.3 Å². The van der Waals surface area contributed by atoms with Gasteiger partial charge in [-0.15, -0.1) is 0 Å². The van der Waals surface area contributed by atoms with Crippen molar-refractivity contribution in [1.29, 1.82) is 0 Å². The van der Waals surface area contributed by atoms with Crippen molar-refractivity contribution in [3.8, 4) is 0 Å². The lowest BCUT2D eigenvalue weighted by molar-refractivity contribution is -0.0296. The maximum Gasteiger partial charge on any atom is 0.330 e. The Morgan fingerprint density at radius 3 is 2.86 bits per heavy atom. The Hall–Kier alpha value is -1.49. The topological polar surface area (TPSA) is 130 Å². The molecule has 2 saturated heterocycles. The molecular weight excluding hydrogens is 302 g/mol. The summed E-state index contributed by atoms with van der Waals surface area (Å²) in [5.41, 5.74) is -1.23. The van der Waals surface area contributed by atoms with E-state index in [1.54, 1.807) is 0 Å². The number of hydrogen-bond acceptors (Lipinski definition) is 7. The van der Waals surface area contributed by atoms with E-state index in [0.29, 0.717) is 0 Å². The van der Waals surface area contributed by atoms with Crippen molar-refractivity contribution in [2.24, 2.45) is 0 Å². The molecule has 2 aliphatic rings. The molecule has 1 aromatic rings. The number of fused-ring (bicyclic) bond motifs is 1. The normalized spacial score (nSPS) is 34.5. The highest BCUT2D eigenvalue weighted by Crippen LogP contribution is 2.34. The summed E-state index contributed by atoms with van der Waals surface area (Å²) in [4.78, 5) is 25.0. The number of nitrogens with one attached hydrogen (secondary N) is 2. The molecule has 10 heteroatoms. The van der Waals surface area contributed by atoms with Crippen LogP contribution in [0.2, 0.25) is 0 Å². The first-order valence-electron chi connectivity index (χ1n) is 6.47. The van der Waals surface area contributed by atoms with Gasteiger partial charge in [-0.3, -0.25) is 14.3 Å². The smallest absolute Gasteiger partial charge is 0.330 e. The highest BCUT2D eigenvalue weighted by molar-refractivity contribution is 7.92. The summed E-state index contributed by atoms with van der Waals surface area (Å²) in [6.07, 6.45) is -0.547. The van der Waals surface area contributed by atoms with Crippen molar-refractivity contribution in [1.82, 2.24) is 14.9 Å². The van der Waals surface area contributed by atoms with Gasteiger partial charge >= 0.3 is 5.69 Å². The summed E-state index contributed by atoms with van der Waals surface area (Å²) in [7, 11) is -3.42. The molecule has 3 rings (SSSR count). The van der Waals surface area contributed by atoms with Crippen molar-refractivity contribution in [2.45, 2.75) is 23.6 Å². The number of aliphatic hydroxyl groups excluding tert-OH is 1. The lowest BCUT2D eigenvalue weighted by Gasteiger charge is -2.29. The quantitative estimate of drug-likeness (QED) is 0.536. The molecule has 0 aliphatic carbocycles. The minimum absolute atomic E-state index is 0.0404. The Balaban J connectivity index is 2.05. The molecule has 3 heterocycles. The molecule has 0 saturated carbocycles. The summed E-state index contributed by atoms with van der Waals surface area (Å²) in [5, 5.41) is 11.5. The van der Waals surface area contributed by atoms with E-state index < -0.39 is 51.3 Å². The van der Waals surface area contributed by atoms with Crippen LogP contribution in [0.3, 0.4) is 0 Å². The van der Waals surface area contributed by atoms with Gasteiger partial charge in [0.05, 0.1) is 18.4 Å². The number of sulfone groups is 1. The molecule has 0 aromatic carbocycles. The second-order valence-electron chi connectivity index (χ2n) is 5.08. The van der Waals surface area contributed by atoms with E-state index >= 15 is 0 Å². The van der Waals surface area contributed by atoms with E-state index in [0.717, 1.165) is 10.6 Å². The van der Waals surface area contributed by atoms with Crippen LogP contribution in [0.5, 0.6) is 0 Å². The monoisotopic (exact) mass is 317 g/mol. The SMILES string of the molecule is O=c1ccn([C@@H]2O[C@H](CO)[C@@H]3[C@H]2NCCS3(=O)=O)c(=O)[nH]1. The molecule has 4 atom stereocenters. The standard InChI is InChI=1S/C11H15N3O6S/c15-5-6-9-8(12-2-4-21(9,18)19)10(20-6)14-3-1-7(16)13-11(14)17/h1,3,6,8-10,12,15H,2,4-5H2,(H,13,16,17)/t6-,8-,9-,10-/m1/s1. The molecule has 0 spiro atoms. The lowest BCUT2D eigenvalue weighted by atomic mass is 10.1. The number of nitrogens with zero attached hydrogens (tertiary/aromatic N) is 1. The zero-order valence-electron chi connectivity index (χ0n) is 10.9. The maximum atomic E-state index is 12.2. The number of rotatable bonds is 2. The highest BCUT2D eigenvalue weighted by atomic mass is 32.2. The number of aromatic amines is 1. The molecule has 2 fully saturated rings. The van der Waals surface area contributed by atoms with Crippen LogP contribution < -0.4 is 16.6 Å². The van der Waals surface area contributed by atoms with Crippen LogP contribution in [0.15, 0.2) is 21.9 Å². The third kappa shape index (κ3) is 2.33. The van der Waals surface area contributed by atoms with E-state index in [-0.39, 0.29) is 12.3 Å². The zero-order valence-corrected chi connectivity index (χ0v) is 11.7. The number of hydrogen-bond donors (Lipinski definition) is 3. The van der Waals surface area contributed by atoms with Gasteiger partial charge in [0.25, 0.3) is 5.56 Å². The van der Waals surface area contributed by atoms with E-state index in [1.165, 1.54) is 6.20 Å². The first kappa shape index (κ1) is 14.4. The van der Waals surface area contributed by atoms with Crippen LogP contribution in [0, 0.1) is 0 Å². The minimum atomic E-state index is -3.42. The van der Waals surface area contributed by atoms with Crippen LogP contribution in [0.1, 0.15) is 6.23 Å². The Morgan fingerprint density at radius 2 is 2.19 bits per heavy atom. The van der Waals surface area contributed by atoms with Crippen LogP contribution in [0.25, 0.3) is 0 Å². The molecule has 21 heavy (non-hydrogen) atoms. The summed E-state index contributed by atoms with van der Waals surface area (Å²) in [5.74, 6) is -0.0404. The summed E-state index contributed by atoms with van der Waals surface area (Å²) < 4.78 is 31.0. The van der Waals surface area contributed by atoms with Crippen LogP contribution in [0.4, 0.5) is 0 Å². The molecule has 0 bridgehead atoms. The van der Waals surface area contributed by atoms with Crippen molar-refractivity contribution in [2.75, 3.05) is 18.9 Å². The first-order valence-corrected chi connectivity index (χ1v) is 8.18. The predicted molar refractivity (Wildman–Crippen MR) is 71.7 cm³/mol. The van der Waals surface area contributed by atoms with Gasteiger partial charge in [0, 0.05) is 18.8 Å². The van der Waals surface area contributed by atoms with Gasteiger partial charge in [-0.2, -0.15) is 0 Å². The second-order valence-corrected chi connectivity index (χ2v) is 7.35. The largest absolute Gasteiger partial charge is 0.394 e. The lowest BCUT2D eigenvalue weighted by Crippen LogP contribution is -2.55. The zero-order chi connectivity index (χ0) is 15.2. The second kappa shape index (κ2) is 5.05. The summed E-state index contributed by atoms with van der Waals surface area (Å²) in [6, 6.07) is 0.508. The van der Waals surface area contributed by atoms with Crippen molar-refractivity contribution >= 4 is 9.84 Å². The van der Waals surface area contributed by atoms with Gasteiger partial charge in [0.15, 0.2) is 16.1 Å². The van der Waals surface area contributed by atoms with Crippen LogP contribution >= 0.6 is 0 Å². The third-order valence-corrected chi connectivity index (χ3v) is 6.03. The average Bonchev–Trinajstić information content (AvgIpc) is 2.79. The molecule has 1 aromatic heterocycles. The first-order chi connectivity index (χ1) is 9.94. The Labute approximate surface area is 119 Å². The summed E-state index contributed by atoms with van der Waals surface area (Å²) >= 11 is 0. The molecule has 2 aliphatic heterocycles. The fourth-order valence-corrected chi connectivity index (χ4v) is 4.89. The van der Waals surface area contributed by atoms with E-state index in [4.69, 9.17) is 4.74 Å². The van der Waals surface area contributed by atoms with Crippen LogP contribution in [-0.4, -0.2) is 59.4 Å². The average molecular weight is 317 g/mol. The summed E-state index contributed by atoms with van der Waals surface area (Å²) in [6.45, 7) is -0.212. The predicted octanol–water partition coefficient (Wildman–Crippen LogP) is -2.82. The van der Waals surface area contributed by atoms with Crippen molar-refractivity contribution in [3.05, 3.63) is 33.1 Å². The van der Waals surface area contributed by atoms with Gasteiger partial charge in [-0.25, -0.2) is 13.2 Å². The number of H-pyrrole nitrogens is 1. The van der Waals surface area contributed by atoms with Gasteiger partial charge in [-0.05, 0) is 0 Å². The Bertz CT molecular complexity index is 754. The number of ether oxygens (including phenoxy) is 1. The van der Waals surface area contributed by atoms with Crippen molar-refractivity contribution in [3.63, 3.8) is 0 Å². The Kier molecular flexibility index (Phi) is 3.48. The van der Waals surface area contributed by atoms with E-state index in [1.807, 2.05) is 0 Å².